The maximum Gasteiger partial charge on any atom is 0.142 e. The number of hydrogen-bond donors (Lipinski definition) is 2. The molecule has 96 valence electrons. The number of nitrogen functional groups attached to an aromatic ring is 1. The number of aliphatic hydroxyl groups excluding tert-OH is 1. The highest BCUT2D eigenvalue weighted by Crippen LogP contribution is 2.32. The van der Waals surface area contributed by atoms with Gasteiger partial charge in [0.05, 0.1) is 22.7 Å². The molecule has 2 rings (SSSR count). The minimum Gasteiger partial charge on any atom is -0.495 e. The first-order valence-electron chi connectivity index (χ1n) is 5.46. The van der Waals surface area contributed by atoms with E-state index in [1.807, 2.05) is 24.3 Å². The lowest BCUT2D eigenvalue weighted by atomic mass is 10.0. The first kappa shape index (κ1) is 13.4. The third-order valence-electron chi connectivity index (χ3n) is 2.70. The van der Waals surface area contributed by atoms with Crippen molar-refractivity contribution in [3.05, 3.63) is 44.6 Å². The van der Waals surface area contributed by atoms with Gasteiger partial charge in [-0.15, -0.1) is 11.3 Å². The average Bonchev–Trinajstić information content (AvgIpc) is 2.75. The monoisotopic (exact) mass is 327 g/mol. The summed E-state index contributed by atoms with van der Waals surface area (Å²) >= 11 is 5.02. The minimum absolute atomic E-state index is 0.503. The number of nitrogens with two attached hydrogens (primary N) is 1. The molecular weight excluding hydrogens is 314 g/mol. The standard InChI is InChI=1S/C13H14BrNO2S/c1-17-11-4-2-3-9(13(11)15)10(16)7-8-5-6-12(14)18-8/h2-6,10,16H,7,15H2,1H3. The second-order valence-electron chi connectivity index (χ2n) is 3.89. The summed E-state index contributed by atoms with van der Waals surface area (Å²) in [4.78, 5) is 1.11. The second kappa shape index (κ2) is 5.73. The molecule has 1 atom stereocenters. The van der Waals surface area contributed by atoms with Crippen molar-refractivity contribution in [3.63, 3.8) is 0 Å². The van der Waals surface area contributed by atoms with Crippen LogP contribution in [-0.4, -0.2) is 12.2 Å². The maximum absolute atomic E-state index is 10.2. The highest BCUT2D eigenvalue weighted by Gasteiger charge is 2.15. The normalized spacial score (nSPS) is 12.4. The summed E-state index contributed by atoms with van der Waals surface area (Å²) in [5.41, 5.74) is 7.17. The zero-order chi connectivity index (χ0) is 13.1. The molecule has 3 N–H and O–H groups in total. The van der Waals surface area contributed by atoms with Gasteiger partial charge in [0.15, 0.2) is 0 Å². The summed E-state index contributed by atoms with van der Waals surface area (Å²) in [6, 6.07) is 9.41. The molecule has 1 heterocycles. The van der Waals surface area contributed by atoms with Crippen LogP contribution in [0.3, 0.4) is 0 Å². The number of halogens is 1. The molecule has 0 aliphatic heterocycles. The summed E-state index contributed by atoms with van der Waals surface area (Å²) in [6.07, 6.45) is -0.0705. The molecule has 18 heavy (non-hydrogen) atoms. The largest absolute Gasteiger partial charge is 0.495 e. The highest BCUT2D eigenvalue weighted by molar-refractivity contribution is 9.11. The van der Waals surface area contributed by atoms with E-state index in [0.717, 1.165) is 8.66 Å². The number of thiophene rings is 1. The Bertz CT molecular complexity index is 542. The Balaban J connectivity index is 2.21. The third kappa shape index (κ3) is 2.85. The topological polar surface area (TPSA) is 55.5 Å². The Labute approximate surface area is 118 Å². The molecule has 3 nitrogen and oxygen atoms in total. The van der Waals surface area contributed by atoms with Crippen molar-refractivity contribution < 1.29 is 9.84 Å². The van der Waals surface area contributed by atoms with E-state index in [0.29, 0.717) is 23.4 Å². The Hall–Kier alpha value is -1.04. The predicted octanol–water partition coefficient (Wildman–Crippen LogP) is 3.38. The maximum atomic E-state index is 10.2. The van der Waals surface area contributed by atoms with Crippen molar-refractivity contribution in [3.8, 4) is 5.75 Å². The molecule has 1 aromatic heterocycles. The number of ether oxygens (including phenoxy) is 1. The van der Waals surface area contributed by atoms with E-state index >= 15 is 0 Å². The van der Waals surface area contributed by atoms with Gasteiger partial charge in [0.25, 0.3) is 0 Å². The molecule has 0 bridgehead atoms. The summed E-state index contributed by atoms with van der Waals surface area (Å²) in [5, 5.41) is 10.2. The molecular formula is C13H14BrNO2S. The van der Waals surface area contributed by atoms with Crippen LogP contribution in [0.1, 0.15) is 16.5 Å². The van der Waals surface area contributed by atoms with E-state index in [-0.39, 0.29) is 0 Å². The fraction of sp³-hybridized carbons (Fsp3) is 0.231. The van der Waals surface area contributed by atoms with E-state index in [2.05, 4.69) is 15.9 Å². The Kier molecular flexibility index (Phi) is 4.27. The van der Waals surface area contributed by atoms with Gasteiger partial charge in [-0.25, -0.2) is 0 Å². The van der Waals surface area contributed by atoms with Gasteiger partial charge in [-0.1, -0.05) is 12.1 Å². The molecule has 0 fully saturated rings. The third-order valence-corrected chi connectivity index (χ3v) is 4.35. The van der Waals surface area contributed by atoms with Gasteiger partial charge in [-0.05, 0) is 34.1 Å². The van der Waals surface area contributed by atoms with Crippen LogP contribution in [-0.2, 0) is 6.42 Å². The van der Waals surface area contributed by atoms with E-state index in [9.17, 15) is 5.11 Å². The number of benzene rings is 1. The lowest BCUT2D eigenvalue weighted by molar-refractivity contribution is 0.180. The molecule has 1 unspecified atom stereocenters. The number of methoxy groups -OCH3 is 1. The van der Waals surface area contributed by atoms with Crippen molar-refractivity contribution in [2.45, 2.75) is 12.5 Å². The molecule has 0 saturated heterocycles. The predicted molar refractivity (Wildman–Crippen MR) is 78.1 cm³/mol. The average molecular weight is 328 g/mol. The minimum atomic E-state index is -0.620. The zero-order valence-corrected chi connectivity index (χ0v) is 12.3. The van der Waals surface area contributed by atoms with E-state index in [4.69, 9.17) is 10.5 Å². The Morgan fingerprint density at radius 2 is 2.17 bits per heavy atom. The lowest BCUT2D eigenvalue weighted by Crippen LogP contribution is -2.05. The van der Waals surface area contributed by atoms with Gasteiger partial charge in [-0.3, -0.25) is 0 Å². The molecule has 0 saturated carbocycles. The van der Waals surface area contributed by atoms with Gasteiger partial charge in [0.2, 0.25) is 0 Å². The Morgan fingerprint density at radius 3 is 2.78 bits per heavy atom. The molecule has 0 spiro atoms. The molecule has 0 amide bonds. The zero-order valence-electron chi connectivity index (χ0n) is 9.89. The fourth-order valence-electron chi connectivity index (χ4n) is 1.79. The van der Waals surface area contributed by atoms with E-state index in [1.54, 1.807) is 24.5 Å². The number of aliphatic hydroxyl groups is 1. The van der Waals surface area contributed by atoms with Gasteiger partial charge in [0, 0.05) is 16.9 Å². The van der Waals surface area contributed by atoms with Crippen molar-refractivity contribution >= 4 is 33.0 Å². The number of anilines is 1. The second-order valence-corrected chi connectivity index (χ2v) is 6.44. The van der Waals surface area contributed by atoms with Crippen LogP contribution in [0, 0.1) is 0 Å². The summed E-state index contributed by atoms with van der Waals surface area (Å²) in [6.45, 7) is 0. The van der Waals surface area contributed by atoms with Gasteiger partial charge in [-0.2, -0.15) is 0 Å². The van der Waals surface area contributed by atoms with Crippen LogP contribution >= 0.6 is 27.3 Å². The van der Waals surface area contributed by atoms with Crippen LogP contribution in [0.5, 0.6) is 5.75 Å². The summed E-state index contributed by atoms with van der Waals surface area (Å²) < 4.78 is 6.21. The quantitative estimate of drug-likeness (QED) is 0.846. The van der Waals surface area contributed by atoms with Gasteiger partial charge < -0.3 is 15.6 Å². The van der Waals surface area contributed by atoms with Crippen LogP contribution in [0.25, 0.3) is 0 Å². The van der Waals surface area contributed by atoms with Gasteiger partial charge >= 0.3 is 0 Å². The molecule has 0 aliphatic rings. The smallest absolute Gasteiger partial charge is 0.142 e. The van der Waals surface area contributed by atoms with Crippen molar-refractivity contribution in [2.75, 3.05) is 12.8 Å². The van der Waals surface area contributed by atoms with E-state index < -0.39 is 6.10 Å². The fourth-order valence-corrected chi connectivity index (χ4v) is 3.31. The first-order valence-corrected chi connectivity index (χ1v) is 7.07. The number of para-hydroxylation sites is 1. The molecule has 0 aliphatic carbocycles. The van der Waals surface area contributed by atoms with Crippen LogP contribution in [0.2, 0.25) is 0 Å². The Morgan fingerprint density at radius 1 is 1.39 bits per heavy atom. The lowest BCUT2D eigenvalue weighted by Gasteiger charge is -2.14. The summed E-state index contributed by atoms with van der Waals surface area (Å²) in [7, 11) is 1.57. The summed E-state index contributed by atoms with van der Waals surface area (Å²) in [5.74, 6) is 0.596. The number of rotatable bonds is 4. The van der Waals surface area contributed by atoms with Crippen LogP contribution < -0.4 is 10.5 Å². The molecule has 1 aromatic carbocycles. The van der Waals surface area contributed by atoms with Crippen LogP contribution in [0.4, 0.5) is 5.69 Å². The van der Waals surface area contributed by atoms with Crippen molar-refractivity contribution in [1.29, 1.82) is 0 Å². The molecule has 0 radical (unpaired) electrons. The molecule has 5 heteroatoms. The SMILES string of the molecule is COc1cccc(C(O)Cc2ccc(Br)s2)c1N. The molecule has 2 aromatic rings. The van der Waals surface area contributed by atoms with Gasteiger partial charge in [0.1, 0.15) is 5.75 Å². The van der Waals surface area contributed by atoms with E-state index in [1.165, 1.54) is 0 Å². The van der Waals surface area contributed by atoms with Crippen LogP contribution in [0.15, 0.2) is 34.1 Å². The van der Waals surface area contributed by atoms with Crippen molar-refractivity contribution in [1.82, 2.24) is 0 Å². The highest BCUT2D eigenvalue weighted by atomic mass is 79.9. The first-order chi connectivity index (χ1) is 8.61. The number of hydrogen-bond acceptors (Lipinski definition) is 4. The van der Waals surface area contributed by atoms with Crippen molar-refractivity contribution in [2.24, 2.45) is 0 Å².